The van der Waals surface area contributed by atoms with Crippen LogP contribution in [0.3, 0.4) is 0 Å². The molecular weight excluding hydrogens is 176 g/mol. The highest BCUT2D eigenvalue weighted by atomic mass is 16.4. The van der Waals surface area contributed by atoms with Crippen LogP contribution in [-0.4, -0.2) is 26.8 Å². The molecule has 5 nitrogen and oxygen atoms in total. The number of phenols is 2. The summed E-state index contributed by atoms with van der Waals surface area (Å²) < 4.78 is 0. The highest BCUT2D eigenvalue weighted by Gasteiger charge is 2.09. The van der Waals surface area contributed by atoms with Gasteiger partial charge in [0, 0.05) is 5.56 Å². The first-order valence-corrected chi connectivity index (χ1v) is 3.28. The zero-order chi connectivity index (χ0) is 9.30. The molecule has 0 atom stereocenters. The first kappa shape index (κ1) is 11.2. The van der Waals surface area contributed by atoms with Gasteiger partial charge < -0.3 is 20.8 Å². The monoisotopic (exact) mass is 186 g/mol. The van der Waals surface area contributed by atoms with Gasteiger partial charge in [-0.15, -0.1) is 0 Å². The molecule has 1 aromatic carbocycles. The van der Waals surface area contributed by atoms with E-state index in [2.05, 4.69) is 0 Å². The van der Waals surface area contributed by atoms with E-state index < -0.39 is 5.97 Å². The van der Waals surface area contributed by atoms with E-state index in [4.69, 9.17) is 15.3 Å². The van der Waals surface area contributed by atoms with Crippen molar-refractivity contribution in [3.8, 4) is 11.5 Å². The minimum Gasteiger partial charge on any atom is -0.508 e. The van der Waals surface area contributed by atoms with Crippen molar-refractivity contribution in [2.75, 3.05) is 0 Å². The molecule has 0 spiro atoms. The number of phenolic OH excluding ortho intramolecular Hbond substituents is 2. The van der Waals surface area contributed by atoms with Gasteiger partial charge in [0.15, 0.2) is 0 Å². The third-order valence-electron chi connectivity index (χ3n) is 1.60. The second kappa shape index (κ2) is 3.77. The largest absolute Gasteiger partial charge is 0.508 e. The number of carboxylic acids is 1. The van der Waals surface area contributed by atoms with Gasteiger partial charge in [-0.2, -0.15) is 0 Å². The maximum atomic E-state index is 10.4. The first-order chi connectivity index (χ1) is 5.52. The van der Waals surface area contributed by atoms with E-state index in [9.17, 15) is 4.79 Å². The van der Waals surface area contributed by atoms with Gasteiger partial charge in [0.25, 0.3) is 0 Å². The number of benzene rings is 1. The number of hydrogen-bond acceptors (Lipinski definition) is 3. The summed E-state index contributed by atoms with van der Waals surface area (Å²) in [6.45, 7) is 1.50. The summed E-state index contributed by atoms with van der Waals surface area (Å²) in [6.07, 6.45) is 0. The molecule has 0 heterocycles. The van der Waals surface area contributed by atoms with Gasteiger partial charge in [0.2, 0.25) is 0 Å². The number of hydrogen-bond donors (Lipinski definition) is 3. The maximum Gasteiger partial charge on any atom is 0.335 e. The average molecular weight is 186 g/mol. The Kier molecular flexibility index (Phi) is 3.26. The Hall–Kier alpha value is -1.75. The summed E-state index contributed by atoms with van der Waals surface area (Å²) in [4.78, 5) is 10.4. The average Bonchev–Trinajstić information content (AvgIpc) is 1.99. The van der Waals surface area contributed by atoms with Crippen LogP contribution in [0.25, 0.3) is 0 Å². The van der Waals surface area contributed by atoms with Crippen molar-refractivity contribution >= 4 is 5.97 Å². The lowest BCUT2D eigenvalue weighted by Crippen LogP contribution is -1.95. The molecule has 0 saturated heterocycles. The summed E-state index contributed by atoms with van der Waals surface area (Å²) in [7, 11) is 0. The number of rotatable bonds is 1. The molecule has 0 bridgehead atoms. The van der Waals surface area contributed by atoms with Crippen LogP contribution in [-0.2, 0) is 0 Å². The summed E-state index contributed by atoms with van der Waals surface area (Å²) in [5.74, 6) is -1.61. The zero-order valence-electron chi connectivity index (χ0n) is 6.90. The summed E-state index contributed by atoms with van der Waals surface area (Å²) in [5, 5.41) is 26.7. The predicted molar refractivity (Wildman–Crippen MR) is 45.1 cm³/mol. The van der Waals surface area contributed by atoms with E-state index in [1.165, 1.54) is 6.92 Å². The van der Waals surface area contributed by atoms with Crippen LogP contribution in [0.1, 0.15) is 15.9 Å². The van der Waals surface area contributed by atoms with Crippen molar-refractivity contribution in [1.82, 2.24) is 0 Å². The van der Waals surface area contributed by atoms with Gasteiger partial charge in [-0.1, -0.05) is 0 Å². The van der Waals surface area contributed by atoms with E-state index in [1.807, 2.05) is 0 Å². The van der Waals surface area contributed by atoms with Crippen LogP contribution in [0.5, 0.6) is 11.5 Å². The Morgan fingerprint density at radius 1 is 1.23 bits per heavy atom. The smallest absolute Gasteiger partial charge is 0.335 e. The van der Waals surface area contributed by atoms with Crippen LogP contribution in [0.15, 0.2) is 12.1 Å². The van der Waals surface area contributed by atoms with Crippen molar-refractivity contribution in [2.24, 2.45) is 0 Å². The highest BCUT2D eigenvalue weighted by Crippen LogP contribution is 2.27. The molecule has 0 aliphatic carbocycles. The molecule has 5 N–H and O–H groups in total. The van der Waals surface area contributed by atoms with Gasteiger partial charge >= 0.3 is 5.97 Å². The Bertz CT molecular complexity index is 308. The fraction of sp³-hybridized carbons (Fsp3) is 0.125. The Balaban J connectivity index is 0.00000144. The zero-order valence-corrected chi connectivity index (χ0v) is 6.90. The third-order valence-corrected chi connectivity index (χ3v) is 1.60. The van der Waals surface area contributed by atoms with Gasteiger partial charge in [-0.05, 0) is 19.1 Å². The molecule has 1 aromatic rings. The lowest BCUT2D eigenvalue weighted by atomic mass is 10.1. The van der Waals surface area contributed by atoms with Crippen molar-refractivity contribution in [1.29, 1.82) is 0 Å². The molecule has 5 heteroatoms. The third kappa shape index (κ3) is 2.09. The molecule has 0 unspecified atom stereocenters. The molecule has 0 aliphatic rings. The van der Waals surface area contributed by atoms with E-state index in [0.717, 1.165) is 12.1 Å². The van der Waals surface area contributed by atoms with Crippen molar-refractivity contribution in [3.63, 3.8) is 0 Å². The Morgan fingerprint density at radius 2 is 1.62 bits per heavy atom. The van der Waals surface area contributed by atoms with E-state index >= 15 is 0 Å². The fourth-order valence-electron chi connectivity index (χ4n) is 0.807. The van der Waals surface area contributed by atoms with Crippen LogP contribution in [0.4, 0.5) is 0 Å². The number of carbonyl (C=O) groups is 1. The lowest BCUT2D eigenvalue weighted by Gasteiger charge is -2.02. The molecule has 72 valence electrons. The quantitative estimate of drug-likeness (QED) is 0.585. The molecular formula is C8H10O5. The molecule has 0 aromatic heterocycles. The second-order valence-electron chi connectivity index (χ2n) is 2.44. The normalized spacial score (nSPS) is 9.00. The maximum absolute atomic E-state index is 10.4. The highest BCUT2D eigenvalue weighted by molar-refractivity contribution is 5.89. The molecule has 0 radical (unpaired) electrons. The molecule has 1 rings (SSSR count). The van der Waals surface area contributed by atoms with E-state index in [0.29, 0.717) is 0 Å². The molecule has 0 amide bonds. The summed E-state index contributed by atoms with van der Waals surface area (Å²) in [6, 6.07) is 2.19. The van der Waals surface area contributed by atoms with Crippen molar-refractivity contribution in [3.05, 3.63) is 23.3 Å². The number of aromatic hydroxyl groups is 2. The predicted octanol–water partition coefficient (Wildman–Crippen LogP) is 0.280. The van der Waals surface area contributed by atoms with Gasteiger partial charge in [0.1, 0.15) is 11.5 Å². The minimum atomic E-state index is -1.18. The SMILES string of the molecule is Cc1c(O)cc(C(=O)O)cc1O.O. The second-order valence-corrected chi connectivity index (χ2v) is 2.44. The number of aromatic carboxylic acids is 1. The van der Waals surface area contributed by atoms with Crippen molar-refractivity contribution in [2.45, 2.75) is 6.92 Å². The molecule has 13 heavy (non-hydrogen) atoms. The van der Waals surface area contributed by atoms with E-state index in [1.54, 1.807) is 0 Å². The fourth-order valence-corrected chi connectivity index (χ4v) is 0.807. The standard InChI is InChI=1S/C8H8O4.H2O/c1-4-6(9)2-5(8(11)12)3-7(4)10;/h2-3,9-10H,1H3,(H,11,12);1H2. The molecule has 0 aliphatic heterocycles. The van der Waals surface area contributed by atoms with Crippen LogP contribution in [0.2, 0.25) is 0 Å². The summed E-state index contributed by atoms with van der Waals surface area (Å²) >= 11 is 0. The van der Waals surface area contributed by atoms with Crippen LogP contribution in [0, 0.1) is 6.92 Å². The van der Waals surface area contributed by atoms with Crippen LogP contribution < -0.4 is 0 Å². The van der Waals surface area contributed by atoms with Gasteiger partial charge in [-0.3, -0.25) is 0 Å². The van der Waals surface area contributed by atoms with Crippen molar-refractivity contribution < 1.29 is 25.6 Å². The summed E-state index contributed by atoms with van der Waals surface area (Å²) in [5.41, 5.74) is 0.149. The van der Waals surface area contributed by atoms with Gasteiger partial charge in [-0.25, -0.2) is 4.79 Å². The van der Waals surface area contributed by atoms with E-state index in [-0.39, 0.29) is 28.1 Å². The minimum absolute atomic E-state index is 0. The molecule has 0 fully saturated rings. The Morgan fingerprint density at radius 3 is 1.92 bits per heavy atom. The first-order valence-electron chi connectivity index (χ1n) is 3.28. The van der Waals surface area contributed by atoms with Crippen LogP contribution >= 0.6 is 0 Å². The van der Waals surface area contributed by atoms with Gasteiger partial charge in [0.05, 0.1) is 5.56 Å². The molecule has 0 saturated carbocycles. The number of carboxylic acid groups (broad SMARTS) is 1. The Labute approximate surface area is 74.2 Å². The lowest BCUT2D eigenvalue weighted by molar-refractivity contribution is 0.0696. The topological polar surface area (TPSA) is 109 Å².